The molecule has 0 radical (unpaired) electrons. The highest BCUT2D eigenvalue weighted by Gasteiger charge is 2.38. The molecule has 2 rings (SSSR count). The van der Waals surface area contributed by atoms with Crippen LogP contribution in [-0.2, 0) is 6.18 Å². The third-order valence-corrected chi connectivity index (χ3v) is 2.52. The lowest BCUT2D eigenvalue weighted by molar-refractivity contribution is -0.138. The second kappa shape index (κ2) is 4.87. The van der Waals surface area contributed by atoms with Gasteiger partial charge in [-0.2, -0.15) is 13.2 Å². The third-order valence-electron chi connectivity index (χ3n) is 2.52. The quantitative estimate of drug-likeness (QED) is 0.875. The van der Waals surface area contributed by atoms with Crippen molar-refractivity contribution in [3.8, 4) is 16.9 Å². The number of amides is 1. The summed E-state index contributed by atoms with van der Waals surface area (Å²) in [4.78, 5) is 22.8. The van der Waals surface area contributed by atoms with Crippen LogP contribution in [-0.4, -0.2) is 13.1 Å². The minimum absolute atomic E-state index is 0.112. The molecule has 8 heteroatoms. The zero-order valence-corrected chi connectivity index (χ0v) is 10.1. The molecular formula is C12H8F3NO4. The van der Waals surface area contributed by atoms with Crippen LogP contribution in [0, 0.1) is 0 Å². The summed E-state index contributed by atoms with van der Waals surface area (Å²) >= 11 is 0. The molecular weight excluding hydrogens is 279 g/mol. The molecule has 1 N–H and O–H groups in total. The number of alkyl halides is 3. The van der Waals surface area contributed by atoms with E-state index in [0.717, 1.165) is 18.6 Å². The molecule has 0 fully saturated rings. The second-order valence-electron chi connectivity index (χ2n) is 3.77. The number of carbonyl (C=O) groups is 1. The lowest BCUT2D eigenvalue weighted by atomic mass is 10.0. The maximum absolute atomic E-state index is 12.9. The first-order chi connectivity index (χ1) is 9.34. The number of nitrogens with one attached hydrogen (secondary N) is 1. The molecule has 1 aliphatic carbocycles. The van der Waals surface area contributed by atoms with Crippen LogP contribution in [0.25, 0.3) is 11.1 Å². The summed E-state index contributed by atoms with van der Waals surface area (Å²) in [7, 11) is 1.20. The molecule has 1 amide bonds. The van der Waals surface area contributed by atoms with E-state index in [4.69, 9.17) is 4.42 Å². The van der Waals surface area contributed by atoms with E-state index >= 15 is 0 Å². The molecule has 0 saturated heterocycles. The number of rotatable bonds is 1. The second-order valence-corrected chi connectivity index (χ2v) is 3.77. The minimum Gasteiger partial charge on any atom is -0.472 e. The average molecular weight is 287 g/mol. The molecule has 0 saturated carbocycles. The van der Waals surface area contributed by atoms with Crippen LogP contribution in [0.1, 0.15) is 5.56 Å². The number of carbonyl (C=O) groups excluding carboxylic acids is 1. The normalized spacial score (nSPS) is 11.4. The largest absolute Gasteiger partial charge is 0.472 e. The van der Waals surface area contributed by atoms with Gasteiger partial charge < -0.3 is 14.5 Å². The Morgan fingerprint density at radius 2 is 2.05 bits per heavy atom. The Kier molecular flexibility index (Phi) is 3.39. The summed E-state index contributed by atoms with van der Waals surface area (Å²) in [5, 5.41) is 2.04. The van der Waals surface area contributed by atoms with Gasteiger partial charge in [-0.1, -0.05) is 0 Å². The van der Waals surface area contributed by atoms with Gasteiger partial charge in [-0.3, -0.25) is 4.79 Å². The summed E-state index contributed by atoms with van der Waals surface area (Å²) in [6.45, 7) is 0. The Balaban J connectivity index is 2.77. The lowest BCUT2D eigenvalue weighted by Gasteiger charge is -2.16. The van der Waals surface area contributed by atoms with Gasteiger partial charge in [-0.25, -0.2) is 4.79 Å². The molecule has 1 heterocycles. The topological polar surface area (TPSA) is 68.5 Å². The molecule has 0 atom stereocenters. The molecule has 0 aromatic carbocycles. The maximum Gasteiger partial charge on any atom is 0.420 e. The van der Waals surface area contributed by atoms with Crippen LogP contribution >= 0.6 is 0 Å². The highest BCUT2D eigenvalue weighted by Crippen LogP contribution is 2.41. The van der Waals surface area contributed by atoms with E-state index in [1.165, 1.54) is 7.05 Å². The van der Waals surface area contributed by atoms with Gasteiger partial charge in [-0.15, -0.1) is 0 Å². The lowest BCUT2D eigenvalue weighted by Crippen LogP contribution is -2.25. The number of halogens is 3. The summed E-state index contributed by atoms with van der Waals surface area (Å²) in [6, 6.07) is 1.50. The highest BCUT2D eigenvalue weighted by molar-refractivity contribution is 5.79. The molecule has 106 valence electrons. The summed E-state index contributed by atoms with van der Waals surface area (Å²) in [5.41, 5.74) is -2.45. The fraction of sp³-hybridized carbons (Fsp3) is 0.167. The number of ether oxygens (including phenoxy) is 1. The Labute approximate surface area is 110 Å². The van der Waals surface area contributed by atoms with Crippen LogP contribution in [0.15, 0.2) is 33.9 Å². The Hall–Kier alpha value is -2.51. The Morgan fingerprint density at radius 3 is 2.65 bits per heavy atom. The van der Waals surface area contributed by atoms with Gasteiger partial charge >= 0.3 is 12.3 Å². The van der Waals surface area contributed by atoms with Crippen molar-refractivity contribution in [2.45, 2.75) is 6.18 Å². The molecule has 0 unspecified atom stereocenters. The summed E-state index contributed by atoms with van der Waals surface area (Å²) < 4.78 is 48.2. The van der Waals surface area contributed by atoms with Gasteiger partial charge in [0.2, 0.25) is 0 Å². The highest BCUT2D eigenvalue weighted by atomic mass is 19.4. The van der Waals surface area contributed by atoms with E-state index in [1.807, 2.05) is 5.32 Å². The predicted molar refractivity (Wildman–Crippen MR) is 61.7 cm³/mol. The predicted octanol–water partition coefficient (Wildman–Crippen LogP) is 2.48. The van der Waals surface area contributed by atoms with Crippen molar-refractivity contribution in [3.63, 3.8) is 0 Å². The van der Waals surface area contributed by atoms with Crippen molar-refractivity contribution in [2.75, 3.05) is 7.05 Å². The number of benzene rings is 1. The molecule has 0 aromatic heterocycles. The molecule has 0 aromatic rings. The molecule has 20 heavy (non-hydrogen) atoms. The third kappa shape index (κ3) is 2.44. The minimum atomic E-state index is -4.83. The molecule has 1 aliphatic heterocycles. The number of fused-ring (bicyclic) bond motifs is 1. The molecule has 2 aliphatic rings. The Morgan fingerprint density at radius 1 is 1.35 bits per heavy atom. The van der Waals surface area contributed by atoms with Crippen LogP contribution in [0.5, 0.6) is 5.75 Å². The van der Waals surface area contributed by atoms with Gasteiger partial charge in [0.15, 0.2) is 11.2 Å². The first-order valence-electron chi connectivity index (χ1n) is 5.34. The van der Waals surface area contributed by atoms with E-state index in [0.29, 0.717) is 6.07 Å². The SMILES string of the molecule is CNC(=O)Oc1c2ccocc-2c(=O)cc1C(F)(F)F. The van der Waals surface area contributed by atoms with E-state index in [1.54, 1.807) is 0 Å². The Bertz CT molecular complexity index is 677. The van der Waals surface area contributed by atoms with Crippen LogP contribution in [0.2, 0.25) is 0 Å². The molecule has 0 spiro atoms. The monoisotopic (exact) mass is 287 g/mol. The van der Waals surface area contributed by atoms with E-state index in [-0.39, 0.29) is 11.1 Å². The van der Waals surface area contributed by atoms with Gasteiger partial charge in [0.05, 0.1) is 11.8 Å². The fourth-order valence-electron chi connectivity index (χ4n) is 1.64. The first kappa shape index (κ1) is 13.9. The van der Waals surface area contributed by atoms with Crippen LogP contribution in [0.3, 0.4) is 0 Å². The maximum atomic E-state index is 12.9. The van der Waals surface area contributed by atoms with Crippen molar-refractivity contribution in [1.82, 2.24) is 5.32 Å². The number of hydrogen-bond acceptors (Lipinski definition) is 4. The van der Waals surface area contributed by atoms with Crippen molar-refractivity contribution < 1.29 is 27.1 Å². The van der Waals surface area contributed by atoms with E-state index < -0.39 is 29.0 Å². The summed E-state index contributed by atoms with van der Waals surface area (Å²) in [5.74, 6) is -0.734. The number of hydrogen-bond donors (Lipinski definition) is 1. The van der Waals surface area contributed by atoms with Crippen molar-refractivity contribution in [2.24, 2.45) is 0 Å². The van der Waals surface area contributed by atoms with Crippen molar-refractivity contribution >= 4 is 6.09 Å². The van der Waals surface area contributed by atoms with Gasteiger partial charge in [0.1, 0.15) is 11.8 Å². The fourth-order valence-corrected chi connectivity index (χ4v) is 1.64. The van der Waals surface area contributed by atoms with Crippen LogP contribution < -0.4 is 15.5 Å². The van der Waals surface area contributed by atoms with Crippen LogP contribution in [0.4, 0.5) is 18.0 Å². The molecule has 0 bridgehead atoms. The zero-order chi connectivity index (χ0) is 14.9. The van der Waals surface area contributed by atoms with Crippen molar-refractivity contribution in [3.05, 3.63) is 40.4 Å². The summed E-state index contributed by atoms with van der Waals surface area (Å²) in [6.07, 6.45) is -3.83. The first-order valence-corrected chi connectivity index (χ1v) is 5.34. The standard InChI is InChI=1S/C12H8F3NO4/c1-16-11(18)20-10-6-2-3-19-5-7(6)9(17)4-8(10)12(13,14)15/h2-5H,1H3,(H,16,18). The molecule has 5 nitrogen and oxygen atoms in total. The van der Waals surface area contributed by atoms with Gasteiger partial charge in [-0.05, 0) is 6.07 Å². The zero-order valence-electron chi connectivity index (χ0n) is 10.1. The van der Waals surface area contributed by atoms with E-state index in [9.17, 15) is 22.8 Å². The van der Waals surface area contributed by atoms with Crippen molar-refractivity contribution in [1.29, 1.82) is 0 Å². The average Bonchev–Trinajstić information content (AvgIpc) is 2.40. The van der Waals surface area contributed by atoms with Gasteiger partial charge in [0, 0.05) is 18.7 Å². The van der Waals surface area contributed by atoms with E-state index in [2.05, 4.69) is 4.74 Å². The smallest absolute Gasteiger partial charge is 0.420 e. The van der Waals surface area contributed by atoms with Gasteiger partial charge in [0.25, 0.3) is 0 Å².